The first-order valence-electron chi connectivity index (χ1n) is 13.2. The predicted molar refractivity (Wildman–Crippen MR) is 147 cm³/mol. The van der Waals surface area contributed by atoms with Crippen LogP contribution in [0.1, 0.15) is 52.7 Å². The third-order valence-electron chi connectivity index (χ3n) is 6.43. The fourth-order valence-corrected chi connectivity index (χ4v) is 5.84. The number of amides is 1. The van der Waals surface area contributed by atoms with Gasteiger partial charge < -0.3 is 20.0 Å². The second-order valence-corrected chi connectivity index (χ2v) is 10.5. The number of fused-ring (bicyclic) bond motifs is 1. The lowest BCUT2D eigenvalue weighted by molar-refractivity contribution is -0.134. The highest BCUT2D eigenvalue weighted by Crippen LogP contribution is 2.29. The minimum absolute atomic E-state index is 0.262. The van der Waals surface area contributed by atoms with E-state index >= 15 is 0 Å². The SMILES string of the molecule is CCCc1cc2c(s1)CCCN(CCCCN1CCN(c3ncccn3)CC1)C2=O.O=C(O)C=CC(=O)O. The van der Waals surface area contributed by atoms with Gasteiger partial charge in [-0.25, -0.2) is 19.6 Å². The van der Waals surface area contributed by atoms with Crippen molar-refractivity contribution in [3.63, 3.8) is 0 Å². The molecule has 10 nitrogen and oxygen atoms in total. The summed E-state index contributed by atoms with van der Waals surface area (Å²) in [7, 11) is 0. The maximum atomic E-state index is 13.0. The number of unbranched alkanes of at least 4 members (excludes halogenated alkanes) is 1. The molecule has 1 fully saturated rings. The number of carboxylic acid groups (broad SMARTS) is 2. The van der Waals surface area contributed by atoms with Crippen LogP contribution in [0.15, 0.2) is 36.7 Å². The number of aromatic nitrogens is 2. The number of carbonyl (C=O) groups excluding carboxylic acids is 1. The third-order valence-corrected chi connectivity index (χ3v) is 7.69. The van der Waals surface area contributed by atoms with Gasteiger partial charge in [-0.1, -0.05) is 13.3 Å². The summed E-state index contributed by atoms with van der Waals surface area (Å²) in [5.74, 6) is -1.41. The molecule has 2 N–H and O–H groups in total. The van der Waals surface area contributed by atoms with Crippen molar-refractivity contribution in [1.29, 1.82) is 0 Å². The molecule has 4 rings (SSSR count). The van der Waals surface area contributed by atoms with E-state index < -0.39 is 11.9 Å². The Hall–Kier alpha value is -3.31. The molecule has 0 bridgehead atoms. The number of carbonyl (C=O) groups is 3. The van der Waals surface area contributed by atoms with Crippen LogP contribution in [-0.2, 0) is 22.4 Å². The Morgan fingerprint density at radius 1 is 1.00 bits per heavy atom. The highest BCUT2D eigenvalue weighted by molar-refractivity contribution is 7.12. The van der Waals surface area contributed by atoms with E-state index in [0.29, 0.717) is 12.2 Å². The minimum atomic E-state index is -1.26. The van der Waals surface area contributed by atoms with Crippen molar-refractivity contribution >= 4 is 35.1 Å². The zero-order valence-corrected chi connectivity index (χ0v) is 22.7. The Labute approximate surface area is 227 Å². The van der Waals surface area contributed by atoms with Crippen LogP contribution >= 0.6 is 11.3 Å². The molecule has 0 radical (unpaired) electrons. The van der Waals surface area contributed by atoms with E-state index in [9.17, 15) is 14.4 Å². The standard InChI is InChI=1S/C23H33N5OS.C4H4O4/c1-2-7-19-18-20-21(30-19)8-5-13-27(22(20)29)12-4-3-11-26-14-16-28(17-15-26)23-24-9-6-10-25-23;5-3(6)1-2-4(7)8/h6,9-10,18H,2-5,7-8,11-17H2,1H3;1-2H,(H,5,6)(H,7,8). The summed E-state index contributed by atoms with van der Waals surface area (Å²) in [6.07, 6.45) is 11.3. The smallest absolute Gasteiger partial charge is 0.328 e. The molecule has 4 heterocycles. The molecule has 2 aromatic heterocycles. The van der Waals surface area contributed by atoms with Gasteiger partial charge in [0.1, 0.15) is 0 Å². The Morgan fingerprint density at radius 3 is 2.29 bits per heavy atom. The molecular weight excluding hydrogens is 506 g/mol. The lowest BCUT2D eigenvalue weighted by Crippen LogP contribution is -2.47. The molecular formula is C27H37N5O5S. The summed E-state index contributed by atoms with van der Waals surface area (Å²) < 4.78 is 0. The molecule has 11 heteroatoms. The normalized spacial score (nSPS) is 16.1. The van der Waals surface area contributed by atoms with Crippen LogP contribution in [-0.4, -0.2) is 93.6 Å². The Morgan fingerprint density at radius 2 is 1.66 bits per heavy atom. The minimum Gasteiger partial charge on any atom is -0.478 e. The van der Waals surface area contributed by atoms with Crippen molar-refractivity contribution in [3.05, 3.63) is 52.0 Å². The average molecular weight is 544 g/mol. The highest BCUT2D eigenvalue weighted by atomic mass is 32.1. The second kappa shape index (κ2) is 15.2. The van der Waals surface area contributed by atoms with Gasteiger partial charge in [0.25, 0.3) is 5.91 Å². The van der Waals surface area contributed by atoms with E-state index in [0.717, 1.165) is 95.9 Å². The van der Waals surface area contributed by atoms with Crippen LogP contribution in [0, 0.1) is 0 Å². The van der Waals surface area contributed by atoms with Crippen molar-refractivity contribution in [1.82, 2.24) is 19.8 Å². The fraction of sp³-hybridized carbons (Fsp3) is 0.519. The van der Waals surface area contributed by atoms with Crippen molar-refractivity contribution < 1.29 is 24.6 Å². The summed E-state index contributed by atoms with van der Waals surface area (Å²) in [6, 6.07) is 4.03. The van der Waals surface area contributed by atoms with E-state index in [1.807, 2.05) is 29.8 Å². The van der Waals surface area contributed by atoms with Crippen LogP contribution in [0.4, 0.5) is 5.95 Å². The Bertz CT molecular complexity index is 1070. The van der Waals surface area contributed by atoms with E-state index in [4.69, 9.17) is 10.2 Å². The third kappa shape index (κ3) is 9.21. The Kier molecular flexibility index (Phi) is 11.7. The first-order chi connectivity index (χ1) is 18.4. The first kappa shape index (κ1) is 29.2. The van der Waals surface area contributed by atoms with Crippen molar-refractivity contribution in [2.24, 2.45) is 0 Å². The van der Waals surface area contributed by atoms with Crippen molar-refractivity contribution in [3.8, 4) is 0 Å². The topological polar surface area (TPSA) is 127 Å². The second-order valence-electron chi connectivity index (χ2n) is 9.29. The van der Waals surface area contributed by atoms with Gasteiger partial charge in [-0.3, -0.25) is 9.69 Å². The molecule has 1 saturated heterocycles. The molecule has 1 amide bonds. The molecule has 0 spiro atoms. The summed E-state index contributed by atoms with van der Waals surface area (Å²) in [4.78, 5) is 50.4. The summed E-state index contributed by atoms with van der Waals surface area (Å²) in [6.45, 7) is 9.17. The monoisotopic (exact) mass is 543 g/mol. The number of rotatable bonds is 10. The van der Waals surface area contributed by atoms with Crippen LogP contribution in [0.5, 0.6) is 0 Å². The lowest BCUT2D eigenvalue weighted by Gasteiger charge is -2.34. The number of hydrogen-bond acceptors (Lipinski definition) is 8. The Balaban J connectivity index is 0.000000436. The van der Waals surface area contributed by atoms with Gasteiger partial charge in [0.05, 0.1) is 5.56 Å². The van der Waals surface area contributed by atoms with Crippen molar-refractivity contribution in [2.45, 2.75) is 45.4 Å². The molecule has 206 valence electrons. The molecule has 0 aliphatic carbocycles. The number of aliphatic carboxylic acids is 2. The number of hydrogen-bond donors (Lipinski definition) is 2. The molecule has 0 unspecified atom stereocenters. The zero-order valence-electron chi connectivity index (χ0n) is 21.9. The highest BCUT2D eigenvalue weighted by Gasteiger charge is 2.24. The fourth-order valence-electron chi connectivity index (χ4n) is 4.54. The van der Waals surface area contributed by atoms with E-state index in [2.05, 4.69) is 37.7 Å². The largest absolute Gasteiger partial charge is 0.478 e. The summed E-state index contributed by atoms with van der Waals surface area (Å²) in [5, 5.41) is 15.6. The maximum Gasteiger partial charge on any atom is 0.328 e. The number of thiophene rings is 1. The van der Waals surface area contributed by atoms with Crippen LogP contribution < -0.4 is 4.90 Å². The van der Waals surface area contributed by atoms with Gasteiger partial charge in [-0.05, 0) is 50.8 Å². The van der Waals surface area contributed by atoms with Gasteiger partial charge >= 0.3 is 11.9 Å². The van der Waals surface area contributed by atoms with Gasteiger partial charge in [-0.2, -0.15) is 0 Å². The molecule has 2 aliphatic heterocycles. The quantitative estimate of drug-likeness (QED) is 0.343. The first-order valence-corrected chi connectivity index (χ1v) is 14.0. The lowest BCUT2D eigenvalue weighted by atomic mass is 10.1. The van der Waals surface area contributed by atoms with Gasteiger partial charge in [0.15, 0.2) is 0 Å². The number of piperazine rings is 1. The molecule has 2 aromatic rings. The molecule has 38 heavy (non-hydrogen) atoms. The van der Waals surface area contributed by atoms with Crippen molar-refractivity contribution in [2.75, 3.05) is 50.7 Å². The van der Waals surface area contributed by atoms with Crippen LogP contribution in [0.3, 0.4) is 0 Å². The van der Waals surface area contributed by atoms with Gasteiger partial charge in [0.2, 0.25) is 5.95 Å². The molecule has 0 aromatic carbocycles. The number of anilines is 1. The zero-order chi connectivity index (χ0) is 27.3. The van der Waals surface area contributed by atoms with E-state index in [-0.39, 0.29) is 5.91 Å². The molecule has 0 saturated carbocycles. The van der Waals surface area contributed by atoms with Gasteiger partial charge in [-0.15, -0.1) is 11.3 Å². The van der Waals surface area contributed by atoms with Crippen LogP contribution in [0.25, 0.3) is 0 Å². The molecule has 0 atom stereocenters. The summed E-state index contributed by atoms with van der Waals surface area (Å²) in [5.41, 5.74) is 0.986. The summed E-state index contributed by atoms with van der Waals surface area (Å²) >= 11 is 1.86. The van der Waals surface area contributed by atoms with E-state index in [1.165, 1.54) is 9.75 Å². The number of aryl methyl sites for hydroxylation is 2. The van der Waals surface area contributed by atoms with E-state index in [1.54, 1.807) is 0 Å². The van der Waals surface area contributed by atoms with Gasteiger partial charge in [0, 0.05) is 73.6 Å². The molecule has 2 aliphatic rings. The number of carboxylic acids is 2. The maximum absolute atomic E-state index is 13.0. The van der Waals surface area contributed by atoms with Crippen LogP contribution in [0.2, 0.25) is 0 Å². The average Bonchev–Trinajstić information content (AvgIpc) is 3.26. The predicted octanol–water partition coefficient (Wildman–Crippen LogP) is 3.19. The number of nitrogens with zero attached hydrogens (tertiary/aromatic N) is 5.